The molecule has 5 heteroatoms. The number of rotatable bonds is 5. The lowest BCUT2D eigenvalue weighted by atomic mass is 10.2. The topological polar surface area (TPSA) is 58.4 Å². The minimum Gasteiger partial charge on any atom is -0.375 e. The van der Waals surface area contributed by atoms with E-state index >= 15 is 0 Å². The molecule has 0 fully saturated rings. The Labute approximate surface area is 94.2 Å². The highest BCUT2D eigenvalue weighted by molar-refractivity contribution is 5.75. The first-order valence-electron chi connectivity index (χ1n) is 5.09. The maximum absolute atomic E-state index is 12.9. The van der Waals surface area contributed by atoms with Crippen LogP contribution in [0.1, 0.15) is 12.8 Å². The van der Waals surface area contributed by atoms with Crippen LogP contribution in [0.5, 0.6) is 0 Å². The smallest absolute Gasteiger partial charge is 0.233 e. The molecule has 3 N–H and O–H groups in total. The maximum atomic E-state index is 12.9. The fraction of sp³-hybridized carbons (Fsp3) is 0.364. The zero-order valence-electron chi connectivity index (χ0n) is 9.24. The zero-order chi connectivity index (χ0) is 12.0. The van der Waals surface area contributed by atoms with E-state index in [-0.39, 0.29) is 11.7 Å². The summed E-state index contributed by atoms with van der Waals surface area (Å²) in [7, 11) is 1.86. The first kappa shape index (κ1) is 12.4. The van der Waals surface area contributed by atoms with Gasteiger partial charge in [-0.1, -0.05) is 6.07 Å². The summed E-state index contributed by atoms with van der Waals surface area (Å²) in [4.78, 5) is 12.8. The lowest BCUT2D eigenvalue weighted by Crippen LogP contribution is -2.30. The van der Waals surface area contributed by atoms with Crippen molar-refractivity contribution in [1.82, 2.24) is 5.43 Å². The van der Waals surface area contributed by atoms with Gasteiger partial charge in [0.2, 0.25) is 5.91 Å². The molecule has 1 amide bonds. The van der Waals surface area contributed by atoms with Crippen LogP contribution in [0.3, 0.4) is 0 Å². The summed E-state index contributed by atoms with van der Waals surface area (Å²) in [6.45, 7) is 0.677. The SMILES string of the molecule is CN(CCCC(=O)NN)c1cccc(F)c1. The normalized spacial score (nSPS) is 9.94. The van der Waals surface area contributed by atoms with E-state index in [0.29, 0.717) is 19.4 Å². The largest absolute Gasteiger partial charge is 0.375 e. The van der Waals surface area contributed by atoms with Gasteiger partial charge in [-0.2, -0.15) is 0 Å². The van der Waals surface area contributed by atoms with Crippen LogP contribution < -0.4 is 16.2 Å². The van der Waals surface area contributed by atoms with Crippen molar-refractivity contribution in [2.45, 2.75) is 12.8 Å². The van der Waals surface area contributed by atoms with Crippen molar-refractivity contribution in [2.75, 3.05) is 18.5 Å². The number of benzene rings is 1. The molecule has 0 spiro atoms. The van der Waals surface area contributed by atoms with Crippen LogP contribution in [0.4, 0.5) is 10.1 Å². The molecule has 0 heterocycles. The Morgan fingerprint density at radius 1 is 1.56 bits per heavy atom. The summed E-state index contributed by atoms with van der Waals surface area (Å²) in [5.41, 5.74) is 2.87. The fourth-order valence-corrected chi connectivity index (χ4v) is 1.39. The summed E-state index contributed by atoms with van der Waals surface area (Å²) in [6.07, 6.45) is 1.05. The highest BCUT2D eigenvalue weighted by Gasteiger charge is 2.03. The van der Waals surface area contributed by atoms with Crippen LogP contribution in [-0.2, 0) is 4.79 Å². The van der Waals surface area contributed by atoms with E-state index in [0.717, 1.165) is 5.69 Å². The first-order chi connectivity index (χ1) is 7.63. The van der Waals surface area contributed by atoms with Gasteiger partial charge in [-0.25, -0.2) is 10.2 Å². The van der Waals surface area contributed by atoms with E-state index in [9.17, 15) is 9.18 Å². The van der Waals surface area contributed by atoms with Gasteiger partial charge >= 0.3 is 0 Å². The highest BCUT2D eigenvalue weighted by Crippen LogP contribution is 2.14. The molecule has 0 aromatic heterocycles. The number of halogens is 1. The molecule has 0 aliphatic rings. The molecule has 0 bridgehead atoms. The molecule has 1 rings (SSSR count). The van der Waals surface area contributed by atoms with Gasteiger partial charge in [-0.3, -0.25) is 10.2 Å². The molecule has 0 unspecified atom stereocenters. The van der Waals surface area contributed by atoms with Gasteiger partial charge in [-0.05, 0) is 24.6 Å². The van der Waals surface area contributed by atoms with Crippen molar-refractivity contribution < 1.29 is 9.18 Å². The van der Waals surface area contributed by atoms with E-state index in [1.807, 2.05) is 18.0 Å². The van der Waals surface area contributed by atoms with Crippen LogP contribution in [0, 0.1) is 5.82 Å². The number of carbonyl (C=O) groups excluding carboxylic acids is 1. The number of hydrogen-bond donors (Lipinski definition) is 2. The van der Waals surface area contributed by atoms with E-state index in [1.54, 1.807) is 6.07 Å². The van der Waals surface area contributed by atoms with Crippen molar-refractivity contribution in [3.05, 3.63) is 30.1 Å². The average Bonchev–Trinajstić information content (AvgIpc) is 2.28. The molecular weight excluding hydrogens is 209 g/mol. The molecule has 0 saturated carbocycles. The van der Waals surface area contributed by atoms with Crippen molar-refractivity contribution in [2.24, 2.45) is 5.84 Å². The van der Waals surface area contributed by atoms with E-state index in [1.165, 1.54) is 12.1 Å². The Kier molecular flexibility index (Phi) is 4.72. The van der Waals surface area contributed by atoms with Crippen LogP contribution in [-0.4, -0.2) is 19.5 Å². The van der Waals surface area contributed by atoms with Gasteiger partial charge in [0, 0.05) is 25.7 Å². The van der Waals surface area contributed by atoms with Crippen LogP contribution in [0.25, 0.3) is 0 Å². The lowest BCUT2D eigenvalue weighted by molar-refractivity contribution is -0.121. The van der Waals surface area contributed by atoms with E-state index in [4.69, 9.17) is 5.84 Å². The Hall–Kier alpha value is -1.62. The van der Waals surface area contributed by atoms with Gasteiger partial charge in [-0.15, -0.1) is 0 Å². The molecule has 0 atom stereocenters. The number of anilines is 1. The molecule has 0 saturated heterocycles. The number of carbonyl (C=O) groups is 1. The van der Waals surface area contributed by atoms with Gasteiger partial charge in [0.15, 0.2) is 0 Å². The Morgan fingerprint density at radius 3 is 2.94 bits per heavy atom. The molecule has 88 valence electrons. The summed E-state index contributed by atoms with van der Waals surface area (Å²) in [5, 5.41) is 0. The number of nitrogens with zero attached hydrogens (tertiary/aromatic N) is 1. The number of hydrazine groups is 1. The average molecular weight is 225 g/mol. The van der Waals surface area contributed by atoms with Crippen LogP contribution in [0.2, 0.25) is 0 Å². The zero-order valence-corrected chi connectivity index (χ0v) is 9.24. The Balaban J connectivity index is 2.40. The number of hydrogen-bond acceptors (Lipinski definition) is 3. The fourth-order valence-electron chi connectivity index (χ4n) is 1.39. The second-order valence-corrected chi connectivity index (χ2v) is 3.57. The molecule has 4 nitrogen and oxygen atoms in total. The van der Waals surface area contributed by atoms with E-state index < -0.39 is 0 Å². The molecular formula is C11H16FN3O. The first-order valence-corrected chi connectivity index (χ1v) is 5.09. The standard InChI is InChI=1S/C11H16FN3O/c1-15(7-3-6-11(16)14-13)10-5-2-4-9(12)8-10/h2,4-5,8H,3,6-7,13H2,1H3,(H,14,16). The summed E-state index contributed by atoms with van der Waals surface area (Å²) in [5.74, 6) is 4.51. The van der Waals surface area contributed by atoms with Gasteiger partial charge in [0.05, 0.1) is 0 Å². The number of nitrogens with two attached hydrogens (primary N) is 1. The predicted molar refractivity (Wildman–Crippen MR) is 61.2 cm³/mol. The number of nitrogens with one attached hydrogen (secondary N) is 1. The van der Waals surface area contributed by atoms with Crippen LogP contribution in [0.15, 0.2) is 24.3 Å². The van der Waals surface area contributed by atoms with Crippen molar-refractivity contribution in [1.29, 1.82) is 0 Å². The Morgan fingerprint density at radius 2 is 2.31 bits per heavy atom. The van der Waals surface area contributed by atoms with Crippen molar-refractivity contribution in [3.63, 3.8) is 0 Å². The van der Waals surface area contributed by atoms with Gasteiger partial charge in [0.1, 0.15) is 5.82 Å². The second-order valence-electron chi connectivity index (χ2n) is 3.57. The third-order valence-electron chi connectivity index (χ3n) is 2.31. The summed E-state index contributed by atoms with van der Waals surface area (Å²) >= 11 is 0. The molecule has 0 aliphatic carbocycles. The summed E-state index contributed by atoms with van der Waals surface area (Å²) < 4.78 is 12.9. The third kappa shape index (κ3) is 3.86. The monoisotopic (exact) mass is 225 g/mol. The van der Waals surface area contributed by atoms with Crippen LogP contribution >= 0.6 is 0 Å². The van der Waals surface area contributed by atoms with Crippen molar-refractivity contribution >= 4 is 11.6 Å². The second kappa shape index (κ2) is 6.07. The predicted octanol–water partition coefficient (Wildman–Crippen LogP) is 1.03. The minimum atomic E-state index is -0.260. The molecule has 16 heavy (non-hydrogen) atoms. The Bertz CT molecular complexity index is 357. The summed E-state index contributed by atoms with van der Waals surface area (Å²) in [6, 6.07) is 6.35. The highest BCUT2D eigenvalue weighted by atomic mass is 19.1. The molecule has 1 aromatic rings. The lowest BCUT2D eigenvalue weighted by Gasteiger charge is -2.18. The maximum Gasteiger partial charge on any atom is 0.233 e. The van der Waals surface area contributed by atoms with Gasteiger partial charge < -0.3 is 4.90 Å². The van der Waals surface area contributed by atoms with E-state index in [2.05, 4.69) is 5.43 Å². The van der Waals surface area contributed by atoms with Crippen molar-refractivity contribution in [3.8, 4) is 0 Å². The molecule has 1 aromatic carbocycles. The third-order valence-corrected chi connectivity index (χ3v) is 2.31. The van der Waals surface area contributed by atoms with Gasteiger partial charge in [0.25, 0.3) is 0 Å². The molecule has 0 aliphatic heterocycles. The quantitative estimate of drug-likeness (QED) is 0.447. The number of amides is 1. The minimum absolute atomic E-state index is 0.187. The molecule has 0 radical (unpaired) electrons.